The first-order valence-electron chi connectivity index (χ1n) is 5.06. The molecule has 0 aromatic rings. The van der Waals surface area contributed by atoms with E-state index in [1.165, 1.54) is 0 Å². The van der Waals surface area contributed by atoms with Crippen molar-refractivity contribution in [3.8, 4) is 0 Å². The fraction of sp³-hybridized carbons (Fsp3) is 0.667. The largest absolute Gasteiger partial charge is 0.472 e. The Morgan fingerprint density at radius 2 is 1.36 bits per heavy atom. The number of alkyl halides is 10. The third-order valence-corrected chi connectivity index (χ3v) is 2.06. The summed E-state index contributed by atoms with van der Waals surface area (Å²) >= 11 is 0. The van der Waals surface area contributed by atoms with Crippen LogP contribution in [0.1, 0.15) is 6.42 Å². The fourth-order valence-corrected chi connectivity index (χ4v) is 1.11. The number of carbonyl (C=O) groups is 1. The molecule has 0 aromatic heterocycles. The highest BCUT2D eigenvalue weighted by Gasteiger charge is 2.74. The SMILES string of the molecule is C=CC(=O)OCCC(F)(F)C(F)(F)N(C(F)(F)F)C(F)(F)F. The molecule has 0 heterocycles. The Hall–Kier alpha value is -1.53. The molecule has 0 amide bonds. The maximum Gasteiger partial charge on any atom is 0.472 e. The van der Waals surface area contributed by atoms with Crippen LogP contribution in [0.25, 0.3) is 0 Å². The Morgan fingerprint density at radius 3 is 1.68 bits per heavy atom. The molecule has 0 spiro atoms. The Bertz CT molecular complexity index is 400. The predicted molar refractivity (Wildman–Crippen MR) is 49.6 cm³/mol. The van der Waals surface area contributed by atoms with Gasteiger partial charge in [0, 0.05) is 6.08 Å². The maximum absolute atomic E-state index is 13.1. The van der Waals surface area contributed by atoms with Crippen molar-refractivity contribution in [3.05, 3.63) is 12.7 Å². The molecule has 0 fully saturated rings. The smallest absolute Gasteiger partial charge is 0.462 e. The van der Waals surface area contributed by atoms with Crippen molar-refractivity contribution < 1.29 is 53.4 Å². The highest BCUT2D eigenvalue weighted by atomic mass is 19.4. The Morgan fingerprint density at radius 1 is 0.955 bits per heavy atom. The molecule has 0 atom stereocenters. The molecule has 0 aliphatic carbocycles. The quantitative estimate of drug-likeness (QED) is 0.317. The van der Waals surface area contributed by atoms with Crippen LogP contribution in [0, 0.1) is 0 Å². The van der Waals surface area contributed by atoms with Gasteiger partial charge in [0.05, 0.1) is 13.0 Å². The number of rotatable bonds is 6. The number of hydrogen-bond acceptors (Lipinski definition) is 3. The van der Waals surface area contributed by atoms with E-state index in [0.717, 1.165) is 0 Å². The van der Waals surface area contributed by atoms with Gasteiger partial charge in [-0.25, -0.2) is 4.79 Å². The number of esters is 1. The van der Waals surface area contributed by atoms with Crippen LogP contribution in [-0.2, 0) is 9.53 Å². The summed E-state index contributed by atoms with van der Waals surface area (Å²) < 4.78 is 128. The van der Waals surface area contributed by atoms with Crippen LogP contribution in [0.2, 0.25) is 0 Å². The maximum atomic E-state index is 13.1. The third-order valence-electron chi connectivity index (χ3n) is 2.06. The molecule has 130 valence electrons. The average molecular weight is 351 g/mol. The standard InChI is InChI=1S/C9H7F10NO2/c1-2-5(21)22-4-3-6(10,11)7(12,13)20(8(14,15)16)9(17,18)19/h2H,1,3-4H2. The number of halogens is 10. The summed E-state index contributed by atoms with van der Waals surface area (Å²) in [5, 5.41) is 0. The van der Waals surface area contributed by atoms with Crippen molar-refractivity contribution in [1.29, 1.82) is 0 Å². The molecular formula is C9H7F10NO2. The van der Waals surface area contributed by atoms with Crippen molar-refractivity contribution >= 4 is 5.97 Å². The molecule has 0 aliphatic heterocycles. The molecule has 0 N–H and O–H groups in total. The van der Waals surface area contributed by atoms with Gasteiger partial charge < -0.3 is 4.74 Å². The summed E-state index contributed by atoms with van der Waals surface area (Å²) in [6, 6.07) is -6.65. The number of ether oxygens (including phenoxy) is 1. The van der Waals surface area contributed by atoms with E-state index in [9.17, 15) is 48.7 Å². The first-order chi connectivity index (χ1) is 9.57. The molecule has 13 heteroatoms. The van der Waals surface area contributed by atoms with Crippen molar-refractivity contribution in [2.45, 2.75) is 31.0 Å². The van der Waals surface area contributed by atoms with Crippen molar-refractivity contribution in [2.24, 2.45) is 0 Å². The second-order valence-electron chi connectivity index (χ2n) is 3.64. The molecule has 0 unspecified atom stereocenters. The molecule has 0 aromatic carbocycles. The molecule has 0 radical (unpaired) electrons. The van der Waals surface area contributed by atoms with E-state index >= 15 is 0 Å². The Labute approximate surface area is 116 Å². The highest BCUT2D eigenvalue weighted by molar-refractivity contribution is 5.81. The Kier molecular flexibility index (Phi) is 5.86. The lowest BCUT2D eigenvalue weighted by Gasteiger charge is -2.37. The van der Waals surface area contributed by atoms with Gasteiger partial charge in [-0.15, -0.1) is 0 Å². The van der Waals surface area contributed by atoms with Crippen LogP contribution in [-0.4, -0.2) is 42.0 Å². The molecule has 0 bridgehead atoms. The molecule has 0 saturated heterocycles. The van der Waals surface area contributed by atoms with E-state index in [-0.39, 0.29) is 0 Å². The minimum absolute atomic E-state index is 0.425. The zero-order valence-electron chi connectivity index (χ0n) is 10.2. The average Bonchev–Trinajstić information content (AvgIpc) is 2.23. The van der Waals surface area contributed by atoms with Crippen LogP contribution >= 0.6 is 0 Å². The summed E-state index contributed by atoms with van der Waals surface area (Å²) in [6.07, 6.45) is -15.5. The summed E-state index contributed by atoms with van der Waals surface area (Å²) in [5.41, 5.74) is 0. The van der Waals surface area contributed by atoms with Crippen molar-refractivity contribution in [1.82, 2.24) is 4.90 Å². The minimum Gasteiger partial charge on any atom is -0.462 e. The van der Waals surface area contributed by atoms with E-state index in [4.69, 9.17) is 0 Å². The second kappa shape index (κ2) is 6.30. The van der Waals surface area contributed by atoms with Crippen LogP contribution in [0.15, 0.2) is 12.7 Å². The van der Waals surface area contributed by atoms with Crippen molar-refractivity contribution in [2.75, 3.05) is 6.61 Å². The normalized spacial score (nSPS) is 14.1. The van der Waals surface area contributed by atoms with Crippen LogP contribution in [0.3, 0.4) is 0 Å². The lowest BCUT2D eigenvalue weighted by molar-refractivity contribution is -0.469. The van der Waals surface area contributed by atoms with Gasteiger partial charge in [0.15, 0.2) is 0 Å². The second-order valence-corrected chi connectivity index (χ2v) is 3.64. The van der Waals surface area contributed by atoms with Gasteiger partial charge in [-0.05, 0) is 0 Å². The van der Waals surface area contributed by atoms with E-state index < -0.39 is 48.5 Å². The topological polar surface area (TPSA) is 29.5 Å². The molecule has 0 saturated carbocycles. The minimum atomic E-state index is -6.82. The molecular weight excluding hydrogens is 344 g/mol. The predicted octanol–water partition coefficient (Wildman–Crippen LogP) is 3.68. The van der Waals surface area contributed by atoms with E-state index in [2.05, 4.69) is 11.3 Å². The summed E-state index contributed by atoms with van der Waals surface area (Å²) in [6.45, 7) is 1.26. The van der Waals surface area contributed by atoms with E-state index in [1.54, 1.807) is 0 Å². The highest BCUT2D eigenvalue weighted by Crippen LogP contribution is 2.49. The van der Waals surface area contributed by atoms with Gasteiger partial charge in [-0.1, -0.05) is 11.5 Å². The summed E-state index contributed by atoms with van der Waals surface area (Å²) in [7, 11) is 0. The van der Waals surface area contributed by atoms with Gasteiger partial charge in [0.2, 0.25) is 0 Å². The zero-order chi connectivity index (χ0) is 18.0. The lowest BCUT2D eigenvalue weighted by Crippen LogP contribution is -2.64. The van der Waals surface area contributed by atoms with E-state index in [0.29, 0.717) is 6.08 Å². The third kappa shape index (κ3) is 4.74. The summed E-state index contributed by atoms with van der Waals surface area (Å²) in [5.74, 6) is -7.16. The number of nitrogens with zero attached hydrogens (tertiary/aromatic N) is 1. The first kappa shape index (κ1) is 20.5. The first-order valence-corrected chi connectivity index (χ1v) is 5.06. The summed E-state index contributed by atoms with van der Waals surface area (Å²) in [4.78, 5) is 6.95. The molecule has 0 rings (SSSR count). The molecule has 0 aliphatic rings. The number of carbonyl (C=O) groups excluding carboxylic acids is 1. The van der Waals surface area contributed by atoms with Gasteiger partial charge in [-0.2, -0.15) is 43.9 Å². The monoisotopic (exact) mass is 351 g/mol. The van der Waals surface area contributed by atoms with Crippen LogP contribution in [0.5, 0.6) is 0 Å². The fourth-order valence-electron chi connectivity index (χ4n) is 1.11. The van der Waals surface area contributed by atoms with Crippen molar-refractivity contribution in [3.63, 3.8) is 0 Å². The van der Waals surface area contributed by atoms with E-state index in [1.807, 2.05) is 0 Å². The molecule has 22 heavy (non-hydrogen) atoms. The van der Waals surface area contributed by atoms with Crippen LogP contribution in [0.4, 0.5) is 43.9 Å². The lowest BCUT2D eigenvalue weighted by atomic mass is 10.2. The zero-order valence-corrected chi connectivity index (χ0v) is 10.2. The van der Waals surface area contributed by atoms with Crippen LogP contribution < -0.4 is 0 Å². The van der Waals surface area contributed by atoms with Gasteiger partial charge >= 0.3 is 30.5 Å². The van der Waals surface area contributed by atoms with Gasteiger partial charge in [0.25, 0.3) is 0 Å². The Balaban J connectivity index is 5.37. The van der Waals surface area contributed by atoms with Gasteiger partial charge in [0.1, 0.15) is 0 Å². The molecule has 3 nitrogen and oxygen atoms in total. The number of hydrogen-bond donors (Lipinski definition) is 0. The van der Waals surface area contributed by atoms with Gasteiger partial charge in [-0.3, -0.25) is 0 Å².